The molecule has 2 rings (SSSR count). The largest absolute Gasteiger partial charge is 0.484 e. The number of benzene rings is 1. The Hall–Kier alpha value is -1.07. The molecule has 1 saturated carbocycles. The maximum Gasteiger partial charge on any atom is 0.257 e. The van der Waals surface area contributed by atoms with Crippen LogP contribution < -0.4 is 10.1 Å². The topological polar surface area (TPSA) is 58.6 Å². The summed E-state index contributed by atoms with van der Waals surface area (Å²) in [6.07, 6.45) is 2.41. The van der Waals surface area contributed by atoms with E-state index in [1.807, 2.05) is 24.3 Å². The summed E-state index contributed by atoms with van der Waals surface area (Å²) < 4.78 is 6.32. The Labute approximate surface area is 121 Å². The second-order valence-corrected chi connectivity index (χ2v) is 5.80. The van der Waals surface area contributed by atoms with Crippen LogP contribution in [0, 0.1) is 5.92 Å². The highest BCUT2D eigenvalue weighted by Gasteiger charge is 2.22. The first-order valence-corrected chi connectivity index (χ1v) is 7.26. The summed E-state index contributed by atoms with van der Waals surface area (Å²) in [4.78, 5) is 11.6. The number of aliphatic hydroxyl groups excluding tert-OH is 1. The molecule has 2 N–H and O–H groups in total. The maximum atomic E-state index is 11.6. The van der Waals surface area contributed by atoms with Gasteiger partial charge in [-0.15, -0.1) is 0 Å². The smallest absolute Gasteiger partial charge is 0.257 e. The van der Waals surface area contributed by atoms with Crippen molar-refractivity contribution < 1.29 is 14.6 Å². The van der Waals surface area contributed by atoms with Crippen LogP contribution >= 0.6 is 15.9 Å². The first-order chi connectivity index (χ1) is 9.13. The number of halogens is 1. The van der Waals surface area contributed by atoms with Crippen LogP contribution in [0.15, 0.2) is 28.7 Å². The maximum absolute atomic E-state index is 11.6. The fourth-order valence-electron chi connectivity index (χ4n) is 2.25. The molecule has 1 aromatic rings. The number of aliphatic hydroxyl groups is 1. The van der Waals surface area contributed by atoms with Crippen LogP contribution in [0.4, 0.5) is 0 Å². The Morgan fingerprint density at radius 3 is 3.00 bits per heavy atom. The van der Waals surface area contributed by atoms with E-state index in [2.05, 4.69) is 21.2 Å². The number of ether oxygens (including phenoxy) is 1. The number of carbonyl (C=O) groups is 1. The van der Waals surface area contributed by atoms with Crippen LogP contribution in [0.3, 0.4) is 0 Å². The first-order valence-electron chi connectivity index (χ1n) is 6.46. The third-order valence-electron chi connectivity index (χ3n) is 3.27. The molecule has 19 heavy (non-hydrogen) atoms. The van der Waals surface area contributed by atoms with Gasteiger partial charge in [-0.05, 0) is 43.4 Å². The van der Waals surface area contributed by atoms with Gasteiger partial charge in [0.15, 0.2) is 6.61 Å². The first kappa shape index (κ1) is 14.3. The van der Waals surface area contributed by atoms with Crippen LogP contribution in [0.1, 0.15) is 19.3 Å². The zero-order chi connectivity index (χ0) is 13.7. The molecule has 1 aliphatic carbocycles. The molecule has 0 heterocycles. The number of hydrogen-bond donors (Lipinski definition) is 2. The molecule has 2 atom stereocenters. The molecule has 1 fully saturated rings. The van der Waals surface area contributed by atoms with Gasteiger partial charge in [0.05, 0.1) is 6.10 Å². The third kappa shape index (κ3) is 4.84. The predicted octanol–water partition coefficient (Wildman–Crippen LogP) is 2.11. The molecule has 0 saturated heterocycles. The Balaban J connectivity index is 1.67. The standard InChI is InChI=1S/C14H18BrNO3/c15-11-2-1-3-13(7-11)19-9-14(18)16-8-10-4-5-12(17)6-10/h1-3,7,10,12,17H,4-6,8-9H2,(H,16,18). The van der Waals surface area contributed by atoms with Crippen LogP contribution in [0.25, 0.3) is 0 Å². The normalized spacial score (nSPS) is 22.2. The zero-order valence-electron chi connectivity index (χ0n) is 10.6. The zero-order valence-corrected chi connectivity index (χ0v) is 12.2. The summed E-state index contributed by atoms with van der Waals surface area (Å²) in [7, 11) is 0. The van der Waals surface area contributed by atoms with Crippen molar-refractivity contribution in [3.8, 4) is 5.75 Å². The van der Waals surface area contributed by atoms with E-state index >= 15 is 0 Å². The molecule has 2 unspecified atom stereocenters. The van der Waals surface area contributed by atoms with Crippen molar-refractivity contribution in [1.82, 2.24) is 5.32 Å². The van der Waals surface area contributed by atoms with Crippen molar-refractivity contribution in [3.05, 3.63) is 28.7 Å². The second kappa shape index (κ2) is 6.91. The van der Waals surface area contributed by atoms with Gasteiger partial charge in [-0.3, -0.25) is 4.79 Å². The van der Waals surface area contributed by atoms with Crippen molar-refractivity contribution in [2.75, 3.05) is 13.2 Å². The molecule has 0 bridgehead atoms. The van der Waals surface area contributed by atoms with Gasteiger partial charge in [0.2, 0.25) is 0 Å². The second-order valence-electron chi connectivity index (χ2n) is 4.88. The van der Waals surface area contributed by atoms with Gasteiger partial charge in [-0.25, -0.2) is 0 Å². The summed E-state index contributed by atoms with van der Waals surface area (Å²) in [5, 5.41) is 12.2. The molecule has 104 valence electrons. The number of amides is 1. The van der Waals surface area contributed by atoms with Crippen LogP contribution in [0.2, 0.25) is 0 Å². The van der Waals surface area contributed by atoms with Crippen molar-refractivity contribution in [3.63, 3.8) is 0 Å². The molecule has 0 radical (unpaired) electrons. The van der Waals surface area contributed by atoms with E-state index in [1.165, 1.54) is 0 Å². The fraction of sp³-hybridized carbons (Fsp3) is 0.500. The SMILES string of the molecule is O=C(COc1cccc(Br)c1)NCC1CCC(O)C1. The predicted molar refractivity (Wildman–Crippen MR) is 76.0 cm³/mol. The van der Waals surface area contributed by atoms with E-state index in [1.54, 1.807) is 0 Å². The van der Waals surface area contributed by atoms with Crippen LogP contribution in [-0.2, 0) is 4.79 Å². The lowest BCUT2D eigenvalue weighted by Gasteiger charge is -2.11. The van der Waals surface area contributed by atoms with Crippen LogP contribution in [-0.4, -0.2) is 30.3 Å². The number of nitrogens with one attached hydrogen (secondary N) is 1. The Bertz CT molecular complexity index is 438. The van der Waals surface area contributed by atoms with E-state index in [0.29, 0.717) is 18.2 Å². The van der Waals surface area contributed by atoms with E-state index in [9.17, 15) is 9.90 Å². The molecular formula is C14H18BrNO3. The van der Waals surface area contributed by atoms with Crippen molar-refractivity contribution in [1.29, 1.82) is 0 Å². The number of rotatable bonds is 5. The van der Waals surface area contributed by atoms with Crippen molar-refractivity contribution in [2.24, 2.45) is 5.92 Å². The van der Waals surface area contributed by atoms with Gasteiger partial charge >= 0.3 is 0 Å². The Morgan fingerprint density at radius 2 is 2.32 bits per heavy atom. The molecule has 1 aliphatic rings. The summed E-state index contributed by atoms with van der Waals surface area (Å²) >= 11 is 3.35. The molecule has 1 amide bonds. The highest BCUT2D eigenvalue weighted by Crippen LogP contribution is 2.24. The van der Waals surface area contributed by atoms with Gasteiger partial charge < -0.3 is 15.2 Å². The number of hydrogen-bond acceptors (Lipinski definition) is 3. The lowest BCUT2D eigenvalue weighted by Crippen LogP contribution is -2.32. The van der Waals surface area contributed by atoms with Gasteiger partial charge in [0, 0.05) is 11.0 Å². The summed E-state index contributed by atoms with van der Waals surface area (Å²) in [6, 6.07) is 7.39. The highest BCUT2D eigenvalue weighted by atomic mass is 79.9. The van der Waals surface area contributed by atoms with Crippen molar-refractivity contribution >= 4 is 21.8 Å². The lowest BCUT2D eigenvalue weighted by atomic mass is 10.1. The lowest BCUT2D eigenvalue weighted by molar-refractivity contribution is -0.123. The molecule has 5 heteroatoms. The minimum atomic E-state index is -0.195. The molecule has 0 aromatic heterocycles. The van der Waals surface area contributed by atoms with E-state index < -0.39 is 0 Å². The number of carbonyl (C=O) groups excluding carboxylic acids is 1. The molecular weight excluding hydrogens is 310 g/mol. The third-order valence-corrected chi connectivity index (χ3v) is 3.76. The van der Waals surface area contributed by atoms with Gasteiger partial charge in [-0.2, -0.15) is 0 Å². The van der Waals surface area contributed by atoms with Gasteiger partial charge in [-0.1, -0.05) is 22.0 Å². The van der Waals surface area contributed by atoms with Gasteiger partial charge in [0.1, 0.15) is 5.75 Å². The minimum Gasteiger partial charge on any atom is -0.484 e. The summed E-state index contributed by atoms with van der Waals surface area (Å²) in [6.45, 7) is 0.642. The Morgan fingerprint density at radius 1 is 1.47 bits per heavy atom. The van der Waals surface area contributed by atoms with E-state index in [0.717, 1.165) is 23.7 Å². The van der Waals surface area contributed by atoms with Crippen LogP contribution in [0.5, 0.6) is 5.75 Å². The highest BCUT2D eigenvalue weighted by molar-refractivity contribution is 9.10. The molecule has 1 aromatic carbocycles. The minimum absolute atomic E-state index is 0.0196. The molecule has 4 nitrogen and oxygen atoms in total. The molecule has 0 spiro atoms. The van der Waals surface area contributed by atoms with Gasteiger partial charge in [0.25, 0.3) is 5.91 Å². The quantitative estimate of drug-likeness (QED) is 0.870. The summed E-state index contributed by atoms with van der Waals surface area (Å²) in [5.74, 6) is 0.937. The van der Waals surface area contributed by atoms with E-state index in [4.69, 9.17) is 4.74 Å². The average molecular weight is 328 g/mol. The monoisotopic (exact) mass is 327 g/mol. The summed E-state index contributed by atoms with van der Waals surface area (Å²) in [5.41, 5.74) is 0. The average Bonchev–Trinajstić information content (AvgIpc) is 2.80. The van der Waals surface area contributed by atoms with E-state index in [-0.39, 0.29) is 18.6 Å². The molecule has 0 aliphatic heterocycles. The van der Waals surface area contributed by atoms with Crippen molar-refractivity contribution in [2.45, 2.75) is 25.4 Å². The fourth-order valence-corrected chi connectivity index (χ4v) is 2.63. The Kier molecular flexibility index (Phi) is 5.22.